The minimum Gasteiger partial charge on any atom is -0.337 e. The molecule has 1 aliphatic heterocycles. The summed E-state index contributed by atoms with van der Waals surface area (Å²) in [6, 6.07) is 6.48. The molecule has 5 heteroatoms. The summed E-state index contributed by atoms with van der Waals surface area (Å²) in [5.74, 6) is -0.139. The summed E-state index contributed by atoms with van der Waals surface area (Å²) in [5.41, 5.74) is 0.903. The quantitative estimate of drug-likeness (QED) is 0.871. The molecule has 2 rings (SSSR count). The molecule has 1 aliphatic rings. The third kappa shape index (κ3) is 3.92. The average molecular weight is 265 g/mol. The lowest BCUT2D eigenvalue weighted by molar-refractivity contribution is 0.189. The fourth-order valence-electron chi connectivity index (χ4n) is 2.15. The third-order valence-electron chi connectivity index (χ3n) is 3.38. The highest BCUT2D eigenvalue weighted by Crippen LogP contribution is 2.15. The molecule has 1 saturated heterocycles. The van der Waals surface area contributed by atoms with Gasteiger partial charge < -0.3 is 15.5 Å². The number of rotatable bonds is 3. The van der Waals surface area contributed by atoms with E-state index in [1.807, 2.05) is 13.0 Å². The SMILES string of the molecule is CC(CNC(=O)N1CCNCC1)c1cccc(F)c1. The molecule has 2 N–H and O–H groups in total. The smallest absolute Gasteiger partial charge is 0.317 e. The molecule has 104 valence electrons. The van der Waals surface area contributed by atoms with Gasteiger partial charge in [0.05, 0.1) is 0 Å². The lowest BCUT2D eigenvalue weighted by atomic mass is 10.0. The second-order valence-electron chi connectivity index (χ2n) is 4.88. The van der Waals surface area contributed by atoms with Gasteiger partial charge >= 0.3 is 6.03 Å². The minimum absolute atomic E-state index is 0.0373. The molecule has 1 aromatic rings. The standard InChI is InChI=1S/C14H20FN3O/c1-11(12-3-2-4-13(15)9-12)10-17-14(19)18-7-5-16-6-8-18/h2-4,9,11,16H,5-8,10H2,1H3,(H,17,19). The topological polar surface area (TPSA) is 44.4 Å². The van der Waals surface area contributed by atoms with E-state index in [0.29, 0.717) is 6.54 Å². The third-order valence-corrected chi connectivity index (χ3v) is 3.38. The van der Waals surface area contributed by atoms with Crippen LogP contribution in [-0.4, -0.2) is 43.7 Å². The average Bonchev–Trinajstić information content (AvgIpc) is 2.45. The van der Waals surface area contributed by atoms with Gasteiger partial charge in [0.25, 0.3) is 0 Å². The van der Waals surface area contributed by atoms with Crippen LogP contribution in [-0.2, 0) is 0 Å². The van der Waals surface area contributed by atoms with Gasteiger partial charge in [-0.3, -0.25) is 0 Å². The highest BCUT2D eigenvalue weighted by molar-refractivity contribution is 5.74. The number of halogens is 1. The van der Waals surface area contributed by atoms with Crippen molar-refractivity contribution in [2.24, 2.45) is 0 Å². The Morgan fingerprint density at radius 1 is 1.47 bits per heavy atom. The molecule has 0 aliphatic carbocycles. The van der Waals surface area contributed by atoms with Crippen LogP contribution in [0.5, 0.6) is 0 Å². The van der Waals surface area contributed by atoms with Crippen LogP contribution in [0.1, 0.15) is 18.4 Å². The minimum atomic E-state index is -0.238. The van der Waals surface area contributed by atoms with Crippen LogP contribution in [0.3, 0.4) is 0 Å². The molecule has 1 heterocycles. The van der Waals surface area contributed by atoms with Crippen molar-refractivity contribution >= 4 is 6.03 Å². The van der Waals surface area contributed by atoms with Crippen molar-refractivity contribution in [1.82, 2.24) is 15.5 Å². The van der Waals surface area contributed by atoms with E-state index in [1.165, 1.54) is 12.1 Å². The van der Waals surface area contributed by atoms with Crippen molar-refractivity contribution in [2.45, 2.75) is 12.8 Å². The normalized spacial score (nSPS) is 17.1. The van der Waals surface area contributed by atoms with Crippen LogP contribution in [0.2, 0.25) is 0 Å². The summed E-state index contributed by atoms with van der Waals surface area (Å²) in [5, 5.41) is 6.11. The molecule has 1 unspecified atom stereocenters. The van der Waals surface area contributed by atoms with Crippen LogP contribution in [0.25, 0.3) is 0 Å². The van der Waals surface area contributed by atoms with Crippen LogP contribution in [0, 0.1) is 5.82 Å². The van der Waals surface area contributed by atoms with Gasteiger partial charge in [-0.05, 0) is 23.6 Å². The number of piperazine rings is 1. The fourth-order valence-corrected chi connectivity index (χ4v) is 2.15. The number of carbonyl (C=O) groups is 1. The molecule has 0 radical (unpaired) electrons. The number of benzene rings is 1. The van der Waals surface area contributed by atoms with Crippen LogP contribution in [0.15, 0.2) is 24.3 Å². The molecule has 19 heavy (non-hydrogen) atoms. The number of hydrogen-bond acceptors (Lipinski definition) is 2. The second-order valence-corrected chi connectivity index (χ2v) is 4.88. The molecule has 0 aromatic heterocycles. The summed E-state index contributed by atoms with van der Waals surface area (Å²) in [6.07, 6.45) is 0. The first kappa shape index (κ1) is 13.8. The van der Waals surface area contributed by atoms with Crippen LogP contribution >= 0.6 is 0 Å². The molecule has 4 nitrogen and oxygen atoms in total. The number of nitrogens with one attached hydrogen (secondary N) is 2. The Morgan fingerprint density at radius 2 is 2.21 bits per heavy atom. The van der Waals surface area contributed by atoms with Gasteiger partial charge in [0.1, 0.15) is 5.82 Å². The Hall–Kier alpha value is -1.62. The van der Waals surface area contributed by atoms with Gasteiger partial charge in [-0.25, -0.2) is 9.18 Å². The van der Waals surface area contributed by atoms with Crippen molar-refractivity contribution in [3.63, 3.8) is 0 Å². The summed E-state index contributed by atoms with van der Waals surface area (Å²) >= 11 is 0. The number of hydrogen-bond donors (Lipinski definition) is 2. The summed E-state index contributed by atoms with van der Waals surface area (Å²) < 4.78 is 13.1. The van der Waals surface area contributed by atoms with Crippen molar-refractivity contribution in [3.8, 4) is 0 Å². The molecule has 1 aromatic carbocycles. The van der Waals surface area contributed by atoms with Gasteiger partial charge in [0.15, 0.2) is 0 Å². The van der Waals surface area contributed by atoms with Crippen molar-refractivity contribution in [1.29, 1.82) is 0 Å². The lowest BCUT2D eigenvalue weighted by Gasteiger charge is -2.28. The first-order valence-electron chi connectivity index (χ1n) is 6.66. The zero-order valence-corrected chi connectivity index (χ0v) is 11.2. The van der Waals surface area contributed by atoms with E-state index in [0.717, 1.165) is 31.7 Å². The van der Waals surface area contributed by atoms with Crippen LogP contribution in [0.4, 0.5) is 9.18 Å². The zero-order chi connectivity index (χ0) is 13.7. The molecular weight excluding hydrogens is 245 g/mol. The lowest BCUT2D eigenvalue weighted by Crippen LogP contribution is -2.50. The van der Waals surface area contributed by atoms with E-state index in [4.69, 9.17) is 0 Å². The maximum Gasteiger partial charge on any atom is 0.317 e. The first-order chi connectivity index (χ1) is 9.16. The number of nitrogens with zero attached hydrogens (tertiary/aromatic N) is 1. The monoisotopic (exact) mass is 265 g/mol. The molecule has 1 atom stereocenters. The number of amides is 2. The summed E-state index contributed by atoms with van der Waals surface area (Å²) in [4.78, 5) is 13.7. The Balaban J connectivity index is 1.82. The Labute approximate surface area is 113 Å². The number of carbonyl (C=O) groups excluding carboxylic acids is 1. The summed E-state index contributed by atoms with van der Waals surface area (Å²) in [6.45, 7) is 5.65. The van der Waals surface area contributed by atoms with Crippen molar-refractivity contribution in [3.05, 3.63) is 35.6 Å². The maximum absolute atomic E-state index is 13.1. The molecule has 0 spiro atoms. The van der Waals surface area contributed by atoms with Gasteiger partial charge in [-0.1, -0.05) is 19.1 Å². The zero-order valence-electron chi connectivity index (χ0n) is 11.2. The van der Waals surface area contributed by atoms with Gasteiger partial charge in [0.2, 0.25) is 0 Å². The van der Waals surface area contributed by atoms with E-state index in [1.54, 1.807) is 11.0 Å². The number of urea groups is 1. The summed E-state index contributed by atoms with van der Waals surface area (Å²) in [7, 11) is 0. The second kappa shape index (κ2) is 6.52. The predicted molar refractivity (Wildman–Crippen MR) is 72.7 cm³/mol. The molecule has 0 bridgehead atoms. The Kier molecular flexibility index (Phi) is 4.74. The largest absolute Gasteiger partial charge is 0.337 e. The van der Waals surface area contributed by atoms with E-state index in [-0.39, 0.29) is 17.8 Å². The molecule has 0 saturated carbocycles. The highest BCUT2D eigenvalue weighted by Gasteiger charge is 2.16. The predicted octanol–water partition coefficient (Wildman–Crippen LogP) is 1.54. The molecular formula is C14H20FN3O. The first-order valence-corrected chi connectivity index (χ1v) is 6.66. The van der Waals surface area contributed by atoms with E-state index < -0.39 is 0 Å². The molecule has 1 fully saturated rings. The van der Waals surface area contributed by atoms with Crippen LogP contribution < -0.4 is 10.6 Å². The van der Waals surface area contributed by atoms with Crippen molar-refractivity contribution < 1.29 is 9.18 Å². The van der Waals surface area contributed by atoms with E-state index in [2.05, 4.69) is 10.6 Å². The molecule has 2 amide bonds. The fraction of sp³-hybridized carbons (Fsp3) is 0.500. The maximum atomic E-state index is 13.1. The van der Waals surface area contributed by atoms with Crippen molar-refractivity contribution in [2.75, 3.05) is 32.7 Å². The van der Waals surface area contributed by atoms with Gasteiger partial charge in [-0.2, -0.15) is 0 Å². The highest BCUT2D eigenvalue weighted by atomic mass is 19.1. The Bertz CT molecular complexity index is 432. The van der Waals surface area contributed by atoms with E-state index in [9.17, 15) is 9.18 Å². The van der Waals surface area contributed by atoms with Gasteiger partial charge in [-0.15, -0.1) is 0 Å². The van der Waals surface area contributed by atoms with E-state index >= 15 is 0 Å². The Morgan fingerprint density at radius 3 is 2.89 bits per heavy atom. The van der Waals surface area contributed by atoms with Gasteiger partial charge in [0, 0.05) is 32.7 Å².